The summed E-state index contributed by atoms with van der Waals surface area (Å²) in [4.78, 5) is 27.4. The van der Waals surface area contributed by atoms with Crippen LogP contribution in [0.4, 0.5) is 11.4 Å². The van der Waals surface area contributed by atoms with Gasteiger partial charge in [0, 0.05) is 35.3 Å². The van der Waals surface area contributed by atoms with Crippen molar-refractivity contribution in [2.75, 3.05) is 30.8 Å². The summed E-state index contributed by atoms with van der Waals surface area (Å²) in [5, 5.41) is 6.54. The first-order valence-corrected chi connectivity index (χ1v) is 11.8. The third-order valence-corrected chi connectivity index (χ3v) is 6.38. The summed E-state index contributed by atoms with van der Waals surface area (Å²) in [5.41, 5.74) is 2.87. The summed E-state index contributed by atoms with van der Waals surface area (Å²) < 4.78 is 5.27. The van der Waals surface area contributed by atoms with Crippen LogP contribution in [-0.4, -0.2) is 36.9 Å². The molecule has 1 heterocycles. The van der Waals surface area contributed by atoms with Crippen molar-refractivity contribution in [3.05, 3.63) is 88.9 Å². The number of para-hydroxylation sites is 2. The molecule has 0 saturated carbocycles. The van der Waals surface area contributed by atoms with Crippen molar-refractivity contribution < 1.29 is 14.3 Å². The van der Waals surface area contributed by atoms with Crippen molar-refractivity contribution in [2.45, 2.75) is 25.3 Å². The first-order chi connectivity index (χ1) is 16.5. The molecule has 6 nitrogen and oxygen atoms in total. The lowest BCUT2D eigenvalue weighted by atomic mass is 10.0. The van der Waals surface area contributed by atoms with E-state index in [0.29, 0.717) is 35.7 Å². The average molecular weight is 478 g/mol. The Hall–Kier alpha value is -3.35. The summed E-state index contributed by atoms with van der Waals surface area (Å²) in [6, 6.07) is 22.3. The summed E-state index contributed by atoms with van der Waals surface area (Å²) in [6.07, 6.45) is 2.52. The Morgan fingerprint density at radius 1 is 1.00 bits per heavy atom. The van der Waals surface area contributed by atoms with Crippen LogP contribution in [0.2, 0.25) is 5.02 Å². The molecule has 1 aliphatic rings. The van der Waals surface area contributed by atoms with Crippen molar-refractivity contribution in [1.29, 1.82) is 0 Å². The molecule has 3 aromatic carbocycles. The lowest BCUT2D eigenvalue weighted by Gasteiger charge is -2.25. The van der Waals surface area contributed by atoms with Crippen LogP contribution in [-0.2, 0) is 4.79 Å². The van der Waals surface area contributed by atoms with Crippen LogP contribution in [0.5, 0.6) is 5.75 Å². The van der Waals surface area contributed by atoms with Crippen LogP contribution < -0.4 is 15.4 Å². The lowest BCUT2D eigenvalue weighted by molar-refractivity contribution is -0.116. The molecule has 1 fully saturated rings. The molecule has 0 aromatic heterocycles. The second-order valence-electron chi connectivity index (χ2n) is 8.25. The molecule has 0 radical (unpaired) electrons. The Labute approximate surface area is 204 Å². The maximum Gasteiger partial charge on any atom is 0.255 e. The molecule has 176 valence electrons. The fraction of sp³-hybridized carbons (Fsp3) is 0.259. The largest absolute Gasteiger partial charge is 0.495 e. The molecular weight excluding hydrogens is 450 g/mol. The normalized spacial score (nSPS) is 15.6. The van der Waals surface area contributed by atoms with E-state index in [1.807, 2.05) is 30.3 Å². The molecule has 7 heteroatoms. The Morgan fingerprint density at radius 2 is 1.74 bits per heavy atom. The lowest BCUT2D eigenvalue weighted by Crippen LogP contribution is -2.27. The quantitative estimate of drug-likeness (QED) is 0.432. The van der Waals surface area contributed by atoms with Gasteiger partial charge in [-0.1, -0.05) is 41.9 Å². The maximum atomic E-state index is 12.6. The van der Waals surface area contributed by atoms with Crippen LogP contribution >= 0.6 is 11.6 Å². The van der Waals surface area contributed by atoms with Gasteiger partial charge < -0.3 is 15.4 Å². The van der Waals surface area contributed by atoms with Crippen molar-refractivity contribution in [3.63, 3.8) is 0 Å². The number of likely N-dealkylation sites (tertiary alicyclic amines) is 1. The number of halogens is 1. The topological polar surface area (TPSA) is 70.7 Å². The minimum Gasteiger partial charge on any atom is -0.495 e. The van der Waals surface area contributed by atoms with E-state index in [9.17, 15) is 9.59 Å². The van der Waals surface area contributed by atoms with E-state index >= 15 is 0 Å². The molecule has 1 saturated heterocycles. The molecule has 1 aliphatic heterocycles. The number of carbonyl (C=O) groups excluding carboxylic acids is 2. The van der Waals surface area contributed by atoms with Crippen molar-refractivity contribution in [3.8, 4) is 5.75 Å². The van der Waals surface area contributed by atoms with Gasteiger partial charge in [-0.15, -0.1) is 0 Å². The monoisotopic (exact) mass is 477 g/mol. The summed E-state index contributed by atoms with van der Waals surface area (Å²) >= 11 is 6.39. The molecule has 1 unspecified atom stereocenters. The van der Waals surface area contributed by atoms with E-state index in [2.05, 4.69) is 21.6 Å². The molecule has 0 aliphatic carbocycles. The van der Waals surface area contributed by atoms with E-state index in [0.717, 1.165) is 30.0 Å². The summed E-state index contributed by atoms with van der Waals surface area (Å²) in [5.74, 6) is 0.285. The highest BCUT2D eigenvalue weighted by molar-refractivity contribution is 6.31. The number of carbonyl (C=O) groups is 2. The molecule has 34 heavy (non-hydrogen) atoms. The number of amides is 2. The van der Waals surface area contributed by atoms with Gasteiger partial charge in [0.2, 0.25) is 5.91 Å². The van der Waals surface area contributed by atoms with Crippen LogP contribution in [0.1, 0.15) is 41.2 Å². The summed E-state index contributed by atoms with van der Waals surface area (Å²) in [6.45, 7) is 1.63. The van der Waals surface area contributed by atoms with Gasteiger partial charge in [0.15, 0.2) is 0 Å². The Kier molecular flexibility index (Phi) is 7.83. The van der Waals surface area contributed by atoms with E-state index in [1.54, 1.807) is 43.5 Å². The fourth-order valence-electron chi connectivity index (χ4n) is 4.31. The molecule has 2 amide bonds. The number of rotatable bonds is 8. The molecule has 4 rings (SSSR count). The highest BCUT2D eigenvalue weighted by atomic mass is 35.5. The van der Waals surface area contributed by atoms with Crippen LogP contribution in [0.3, 0.4) is 0 Å². The number of ether oxygens (including phenoxy) is 1. The minimum atomic E-state index is -0.248. The number of nitrogens with one attached hydrogen (secondary N) is 2. The predicted molar refractivity (Wildman–Crippen MR) is 136 cm³/mol. The number of hydrogen-bond donors (Lipinski definition) is 2. The van der Waals surface area contributed by atoms with E-state index in [-0.39, 0.29) is 17.9 Å². The third kappa shape index (κ3) is 5.76. The van der Waals surface area contributed by atoms with Gasteiger partial charge in [-0.05, 0) is 67.4 Å². The van der Waals surface area contributed by atoms with Crippen molar-refractivity contribution >= 4 is 34.8 Å². The average Bonchev–Trinajstić information content (AvgIpc) is 3.32. The van der Waals surface area contributed by atoms with Crippen LogP contribution in [0, 0.1) is 0 Å². The number of benzene rings is 3. The highest BCUT2D eigenvalue weighted by Gasteiger charge is 2.27. The zero-order chi connectivity index (χ0) is 23.9. The van der Waals surface area contributed by atoms with Gasteiger partial charge >= 0.3 is 0 Å². The van der Waals surface area contributed by atoms with Gasteiger partial charge in [0.25, 0.3) is 5.91 Å². The van der Waals surface area contributed by atoms with Crippen LogP contribution in [0.15, 0.2) is 72.8 Å². The molecule has 3 aromatic rings. The van der Waals surface area contributed by atoms with Gasteiger partial charge in [-0.3, -0.25) is 14.5 Å². The van der Waals surface area contributed by atoms with E-state index in [4.69, 9.17) is 16.3 Å². The molecular formula is C27H28ClN3O3. The maximum absolute atomic E-state index is 12.6. The summed E-state index contributed by atoms with van der Waals surface area (Å²) in [7, 11) is 1.56. The first-order valence-electron chi connectivity index (χ1n) is 11.4. The molecule has 0 bridgehead atoms. The van der Waals surface area contributed by atoms with Crippen molar-refractivity contribution in [1.82, 2.24) is 4.90 Å². The number of nitrogens with zero attached hydrogens (tertiary/aromatic N) is 1. The first kappa shape index (κ1) is 23.8. The predicted octanol–water partition coefficient (Wildman–Crippen LogP) is 5.77. The van der Waals surface area contributed by atoms with E-state index < -0.39 is 0 Å². The minimum absolute atomic E-state index is 0.0592. The van der Waals surface area contributed by atoms with E-state index in [1.165, 1.54) is 0 Å². The Morgan fingerprint density at radius 3 is 2.50 bits per heavy atom. The van der Waals surface area contributed by atoms with Gasteiger partial charge in [-0.25, -0.2) is 0 Å². The third-order valence-electron chi connectivity index (χ3n) is 6.04. The van der Waals surface area contributed by atoms with Gasteiger partial charge in [0.05, 0.1) is 12.8 Å². The fourth-order valence-corrected chi connectivity index (χ4v) is 4.57. The second-order valence-corrected chi connectivity index (χ2v) is 8.65. The number of anilines is 2. The smallest absolute Gasteiger partial charge is 0.255 e. The second kappa shape index (κ2) is 11.2. The molecule has 0 spiro atoms. The Bertz CT molecular complexity index is 1150. The standard InChI is InChI=1S/C27H28ClN3O3/c1-34-25-11-5-4-9-23(25)30-27(33)19-12-14-20(15-13-19)29-26(32)16-18-31-17-6-10-24(31)21-7-2-3-8-22(21)28/h2-5,7-9,11-15,24H,6,10,16-18H2,1H3,(H,29,32)(H,30,33). The number of methoxy groups -OCH3 is 1. The Balaban J connectivity index is 1.30. The molecule has 1 atom stereocenters. The van der Waals surface area contributed by atoms with Crippen LogP contribution in [0.25, 0.3) is 0 Å². The van der Waals surface area contributed by atoms with Gasteiger partial charge in [0.1, 0.15) is 5.75 Å². The SMILES string of the molecule is COc1ccccc1NC(=O)c1ccc(NC(=O)CCN2CCCC2c2ccccc2Cl)cc1. The zero-order valence-electron chi connectivity index (χ0n) is 19.1. The van der Waals surface area contributed by atoms with Crippen molar-refractivity contribution in [2.24, 2.45) is 0 Å². The zero-order valence-corrected chi connectivity index (χ0v) is 19.8. The highest BCUT2D eigenvalue weighted by Crippen LogP contribution is 2.35. The van der Waals surface area contributed by atoms with Gasteiger partial charge in [-0.2, -0.15) is 0 Å². The number of hydrogen-bond acceptors (Lipinski definition) is 4. The molecule has 2 N–H and O–H groups in total.